The summed E-state index contributed by atoms with van der Waals surface area (Å²) in [5.41, 5.74) is 6.30. The number of carbonyl (C=O) groups excluding carboxylic acids is 2. The van der Waals surface area contributed by atoms with Gasteiger partial charge in [-0.1, -0.05) is 5.16 Å². The zero-order valence-electron chi connectivity index (χ0n) is 13.0. The van der Waals surface area contributed by atoms with Gasteiger partial charge in [-0.05, 0) is 6.07 Å². The lowest BCUT2D eigenvalue weighted by Crippen LogP contribution is -2.38. The molecular weight excluding hydrogens is 310 g/mol. The topological polar surface area (TPSA) is 113 Å². The van der Waals surface area contributed by atoms with Gasteiger partial charge < -0.3 is 16.3 Å². The summed E-state index contributed by atoms with van der Waals surface area (Å²) in [6.07, 6.45) is 8.98. The quantitative estimate of drug-likeness (QED) is 0.284. The third-order valence-corrected chi connectivity index (χ3v) is 3.31. The van der Waals surface area contributed by atoms with Crippen molar-refractivity contribution in [3.8, 4) is 0 Å². The molecule has 124 valence electrons. The fourth-order valence-corrected chi connectivity index (χ4v) is 2.17. The molecule has 0 atom stereocenters. The second kappa shape index (κ2) is 8.37. The Morgan fingerprint density at radius 3 is 2.54 bits per heavy atom. The minimum Gasteiger partial charge on any atom is -0.411 e. The van der Waals surface area contributed by atoms with Gasteiger partial charge in [-0.2, -0.15) is 0 Å². The number of nitrogens with zero attached hydrogens (tertiary/aromatic N) is 3. The van der Waals surface area contributed by atoms with Gasteiger partial charge in [0.25, 0.3) is 5.91 Å². The summed E-state index contributed by atoms with van der Waals surface area (Å²) in [7, 11) is 0. The molecule has 0 aliphatic carbocycles. The Morgan fingerprint density at radius 2 is 1.88 bits per heavy atom. The molecule has 0 radical (unpaired) electrons. The molecule has 2 rings (SSSR count). The van der Waals surface area contributed by atoms with Crippen molar-refractivity contribution >= 4 is 23.7 Å². The average Bonchev–Trinajstić information content (AvgIpc) is 2.56. The van der Waals surface area contributed by atoms with Gasteiger partial charge in [-0.25, -0.2) is 9.13 Å². The number of primary amides is 1. The van der Waals surface area contributed by atoms with Gasteiger partial charge in [0.05, 0.1) is 12.0 Å². The maximum atomic E-state index is 11.3. The number of amides is 2. The molecule has 0 fully saturated rings. The van der Waals surface area contributed by atoms with Crippen LogP contribution >= 0.6 is 0 Å². The molecule has 2 amide bonds. The highest BCUT2D eigenvalue weighted by molar-refractivity contribution is 6.31. The van der Waals surface area contributed by atoms with Crippen molar-refractivity contribution in [1.82, 2.24) is 0 Å². The third kappa shape index (κ3) is 5.16. The summed E-state index contributed by atoms with van der Waals surface area (Å²) < 4.78 is 3.92. The molecule has 8 nitrogen and oxygen atoms in total. The molecule has 24 heavy (non-hydrogen) atoms. The minimum atomic E-state index is -0.500. The lowest BCUT2D eigenvalue weighted by Gasteiger charge is -2.01. The molecule has 0 saturated heterocycles. The molecule has 0 aliphatic rings. The molecule has 2 heterocycles. The van der Waals surface area contributed by atoms with Gasteiger partial charge in [0.2, 0.25) is 5.91 Å². The predicted octanol–water partition coefficient (Wildman–Crippen LogP) is -0.151. The number of aromatic nitrogens is 2. The van der Waals surface area contributed by atoms with E-state index in [9.17, 15) is 9.59 Å². The van der Waals surface area contributed by atoms with Crippen LogP contribution in [0.4, 0.5) is 5.69 Å². The molecule has 0 saturated carbocycles. The molecule has 2 aromatic heterocycles. The third-order valence-electron chi connectivity index (χ3n) is 3.31. The van der Waals surface area contributed by atoms with E-state index in [0.717, 1.165) is 25.7 Å². The first kappa shape index (κ1) is 17.1. The van der Waals surface area contributed by atoms with Crippen molar-refractivity contribution in [2.24, 2.45) is 10.9 Å². The number of oxime groups is 1. The number of rotatable bonds is 7. The van der Waals surface area contributed by atoms with E-state index in [-0.39, 0.29) is 0 Å². The van der Waals surface area contributed by atoms with Crippen LogP contribution in [0.2, 0.25) is 0 Å². The number of nitrogens with one attached hydrogen (secondary N) is 1. The maximum absolute atomic E-state index is 11.3. The van der Waals surface area contributed by atoms with Crippen LogP contribution in [0.1, 0.15) is 16.8 Å². The molecule has 2 aromatic rings. The smallest absolute Gasteiger partial charge is 0.270 e. The zero-order valence-corrected chi connectivity index (χ0v) is 13.0. The fourth-order valence-electron chi connectivity index (χ4n) is 2.17. The number of hydrogen-bond acceptors (Lipinski definition) is 4. The Labute approximate surface area is 138 Å². The molecule has 8 heteroatoms. The van der Waals surface area contributed by atoms with E-state index in [1.807, 2.05) is 33.8 Å². The maximum Gasteiger partial charge on any atom is 0.270 e. The Morgan fingerprint density at radius 1 is 1.17 bits per heavy atom. The fraction of sp³-hybridized carbons (Fsp3) is 0.188. The predicted molar refractivity (Wildman–Crippen MR) is 85.3 cm³/mol. The summed E-state index contributed by atoms with van der Waals surface area (Å²) in [4.78, 5) is 22.4. The van der Waals surface area contributed by atoms with Crippen LogP contribution < -0.4 is 20.2 Å². The van der Waals surface area contributed by atoms with Crippen molar-refractivity contribution in [3.63, 3.8) is 0 Å². The first-order valence-electron chi connectivity index (χ1n) is 7.35. The van der Waals surface area contributed by atoms with Crippen LogP contribution in [-0.4, -0.2) is 23.2 Å². The number of pyridine rings is 2. The van der Waals surface area contributed by atoms with Crippen LogP contribution in [0.3, 0.4) is 0 Å². The van der Waals surface area contributed by atoms with Gasteiger partial charge in [0.1, 0.15) is 11.9 Å². The van der Waals surface area contributed by atoms with Crippen LogP contribution in [0.15, 0.2) is 54.2 Å². The van der Waals surface area contributed by atoms with Gasteiger partial charge in [-0.3, -0.25) is 9.59 Å². The van der Waals surface area contributed by atoms with Crippen molar-refractivity contribution in [3.05, 3.63) is 54.6 Å². The SMILES string of the molecule is NC(=O)c1cc[n+](CCC[n+]2cccc(NC(=O)/C=N\O)c2)cc1. The van der Waals surface area contributed by atoms with Gasteiger partial charge in [0, 0.05) is 18.2 Å². The van der Waals surface area contributed by atoms with E-state index in [1.54, 1.807) is 24.4 Å². The van der Waals surface area contributed by atoms with Gasteiger partial charge in [0.15, 0.2) is 37.9 Å². The van der Waals surface area contributed by atoms with Gasteiger partial charge >= 0.3 is 0 Å². The average molecular weight is 329 g/mol. The molecule has 0 aromatic carbocycles. The Hall–Kier alpha value is -3.29. The van der Waals surface area contributed by atoms with E-state index in [2.05, 4.69) is 10.5 Å². The number of nitrogens with two attached hydrogens (primary N) is 1. The largest absolute Gasteiger partial charge is 0.411 e. The molecule has 0 unspecified atom stereocenters. The number of hydrogen-bond donors (Lipinski definition) is 3. The van der Waals surface area contributed by atoms with E-state index >= 15 is 0 Å². The van der Waals surface area contributed by atoms with Crippen LogP contribution in [0.25, 0.3) is 0 Å². The van der Waals surface area contributed by atoms with E-state index < -0.39 is 11.8 Å². The van der Waals surface area contributed by atoms with Crippen molar-refractivity contribution in [2.75, 3.05) is 5.32 Å². The van der Waals surface area contributed by atoms with E-state index in [1.165, 1.54) is 0 Å². The second-order valence-electron chi connectivity index (χ2n) is 5.11. The van der Waals surface area contributed by atoms with Gasteiger partial charge in [-0.15, -0.1) is 0 Å². The minimum absolute atomic E-state index is 0.442. The normalized spacial score (nSPS) is 10.7. The highest BCUT2D eigenvalue weighted by atomic mass is 16.4. The highest BCUT2D eigenvalue weighted by Gasteiger charge is 2.08. The number of aryl methyl sites for hydroxylation is 2. The van der Waals surface area contributed by atoms with Crippen molar-refractivity contribution in [1.29, 1.82) is 0 Å². The summed E-state index contributed by atoms with van der Waals surface area (Å²) in [5, 5.41) is 13.6. The lowest BCUT2D eigenvalue weighted by atomic mass is 10.2. The van der Waals surface area contributed by atoms with Crippen molar-refractivity contribution in [2.45, 2.75) is 19.5 Å². The Bertz CT molecular complexity index is 744. The summed E-state index contributed by atoms with van der Waals surface area (Å²) in [6, 6.07) is 6.94. The van der Waals surface area contributed by atoms with Crippen LogP contribution in [-0.2, 0) is 17.9 Å². The van der Waals surface area contributed by atoms with Crippen LogP contribution in [0.5, 0.6) is 0 Å². The Kier molecular flexibility index (Phi) is 5.95. The number of carbonyl (C=O) groups is 2. The monoisotopic (exact) mass is 329 g/mol. The van der Waals surface area contributed by atoms with E-state index in [4.69, 9.17) is 10.9 Å². The molecular formula is C16H19N5O3+2. The summed E-state index contributed by atoms with van der Waals surface area (Å²) in [5.74, 6) is -0.942. The molecule has 4 N–H and O–H groups in total. The first-order valence-corrected chi connectivity index (χ1v) is 7.35. The standard InChI is InChI=1S/C16H17N5O3/c17-16(23)13-4-9-20(10-5-13)7-2-8-21-6-1-3-14(12-21)19-15(22)11-18-24/h1,3-6,9-12H,2,7-8H2,(H2-2,17,19,22,23,24)/p+2. The molecule has 0 aliphatic heterocycles. The first-order chi connectivity index (χ1) is 11.6. The second-order valence-corrected chi connectivity index (χ2v) is 5.11. The highest BCUT2D eigenvalue weighted by Crippen LogP contribution is 2.01. The summed E-state index contributed by atoms with van der Waals surface area (Å²) in [6.45, 7) is 1.53. The lowest BCUT2D eigenvalue weighted by molar-refractivity contribution is -0.726. The van der Waals surface area contributed by atoms with Crippen LogP contribution in [0, 0.1) is 0 Å². The molecule has 0 bridgehead atoms. The van der Waals surface area contributed by atoms with Crippen molar-refractivity contribution < 1.29 is 23.9 Å². The zero-order chi connectivity index (χ0) is 17.4. The number of anilines is 1. The van der Waals surface area contributed by atoms with E-state index in [0.29, 0.717) is 11.3 Å². The summed E-state index contributed by atoms with van der Waals surface area (Å²) >= 11 is 0. The molecule has 0 spiro atoms. The Balaban J connectivity index is 1.87.